The summed E-state index contributed by atoms with van der Waals surface area (Å²) in [5.41, 5.74) is 0.00352. The van der Waals surface area contributed by atoms with Crippen LogP contribution in [0.5, 0.6) is 5.75 Å². The zero-order valence-corrected chi connectivity index (χ0v) is 19.4. The van der Waals surface area contributed by atoms with E-state index >= 15 is 0 Å². The van der Waals surface area contributed by atoms with E-state index in [0.717, 1.165) is 0 Å². The highest BCUT2D eigenvalue weighted by atomic mass is 32.2. The largest absolute Gasteiger partial charge is 0.495 e. The zero-order chi connectivity index (χ0) is 23.2. The predicted molar refractivity (Wildman–Crippen MR) is 117 cm³/mol. The van der Waals surface area contributed by atoms with Gasteiger partial charge in [-0.1, -0.05) is 6.07 Å². The van der Waals surface area contributed by atoms with E-state index in [2.05, 4.69) is 10.0 Å². The van der Waals surface area contributed by atoms with Gasteiger partial charge >= 0.3 is 6.09 Å². The third-order valence-corrected chi connectivity index (χ3v) is 6.13. The number of hydrogen-bond acceptors (Lipinski definition) is 6. The van der Waals surface area contributed by atoms with Crippen LogP contribution in [0.15, 0.2) is 29.2 Å². The minimum atomic E-state index is -3.70. The van der Waals surface area contributed by atoms with E-state index in [0.29, 0.717) is 31.5 Å². The summed E-state index contributed by atoms with van der Waals surface area (Å²) in [5.74, 6) is 0.0435. The smallest absolute Gasteiger partial charge is 0.407 e. The fourth-order valence-corrected chi connectivity index (χ4v) is 4.04. The molecule has 2 rings (SSSR count). The van der Waals surface area contributed by atoms with Crippen molar-refractivity contribution in [3.05, 3.63) is 29.8 Å². The number of sulfonamides is 1. The lowest BCUT2D eigenvalue weighted by molar-refractivity contribution is -0.127. The molecule has 1 saturated heterocycles. The van der Waals surface area contributed by atoms with Crippen LogP contribution in [0.4, 0.5) is 4.79 Å². The van der Waals surface area contributed by atoms with Crippen LogP contribution >= 0.6 is 0 Å². The van der Waals surface area contributed by atoms with Crippen LogP contribution in [-0.2, 0) is 19.6 Å². The number of nitrogens with one attached hydrogen (secondary N) is 2. The summed E-state index contributed by atoms with van der Waals surface area (Å²) in [5, 5.41) is 2.84. The van der Waals surface area contributed by atoms with E-state index in [9.17, 15) is 18.0 Å². The third-order valence-electron chi connectivity index (χ3n) is 4.69. The van der Waals surface area contributed by atoms with Gasteiger partial charge in [-0.15, -0.1) is 0 Å². The normalized spacial score (nSPS) is 15.7. The first kappa shape index (κ1) is 24.7. The molecule has 0 atom stereocenters. The number of likely N-dealkylation sites (tertiary alicyclic amines) is 1. The van der Waals surface area contributed by atoms with Gasteiger partial charge in [0.05, 0.1) is 7.11 Å². The molecule has 0 saturated carbocycles. The minimum Gasteiger partial charge on any atom is -0.495 e. The molecule has 2 amide bonds. The first-order valence-electron chi connectivity index (χ1n) is 10.0. The van der Waals surface area contributed by atoms with E-state index < -0.39 is 21.7 Å². The van der Waals surface area contributed by atoms with Crippen LogP contribution in [0.25, 0.3) is 6.08 Å². The number of hydrogen-bond donors (Lipinski definition) is 2. The molecule has 1 fully saturated rings. The van der Waals surface area contributed by atoms with Crippen LogP contribution in [0.2, 0.25) is 0 Å². The van der Waals surface area contributed by atoms with Crippen molar-refractivity contribution in [2.24, 2.45) is 0 Å². The summed E-state index contributed by atoms with van der Waals surface area (Å²) >= 11 is 0. The summed E-state index contributed by atoms with van der Waals surface area (Å²) in [4.78, 5) is 26.1. The van der Waals surface area contributed by atoms with Gasteiger partial charge in [0.2, 0.25) is 15.9 Å². The Kier molecular flexibility index (Phi) is 8.08. The van der Waals surface area contributed by atoms with Gasteiger partial charge in [0.1, 0.15) is 16.2 Å². The maximum absolute atomic E-state index is 12.5. The molecule has 0 bridgehead atoms. The Morgan fingerprint density at radius 2 is 1.84 bits per heavy atom. The van der Waals surface area contributed by atoms with E-state index in [4.69, 9.17) is 9.47 Å². The van der Waals surface area contributed by atoms with Gasteiger partial charge in [0.25, 0.3) is 0 Å². The predicted octanol–water partition coefficient (Wildman–Crippen LogP) is 2.13. The van der Waals surface area contributed by atoms with Crippen molar-refractivity contribution >= 4 is 28.1 Å². The topological polar surface area (TPSA) is 114 Å². The SMILES string of the molecule is CNS(=O)(=O)c1cc(/C=C/C(=O)N2CCC(NC(=O)OC(C)(C)C)CC2)ccc1OC. The van der Waals surface area contributed by atoms with E-state index in [1.54, 1.807) is 43.9 Å². The number of amides is 2. The van der Waals surface area contributed by atoms with Crippen molar-refractivity contribution in [3.63, 3.8) is 0 Å². The highest BCUT2D eigenvalue weighted by Crippen LogP contribution is 2.25. The summed E-state index contributed by atoms with van der Waals surface area (Å²) in [6.45, 7) is 6.43. The summed E-state index contributed by atoms with van der Waals surface area (Å²) in [6.07, 6.45) is 3.79. The number of piperidine rings is 1. The first-order valence-corrected chi connectivity index (χ1v) is 11.5. The molecule has 9 nitrogen and oxygen atoms in total. The Labute approximate surface area is 183 Å². The molecule has 2 N–H and O–H groups in total. The number of alkyl carbamates (subject to hydrolysis) is 1. The van der Waals surface area contributed by atoms with Gasteiger partial charge in [-0.3, -0.25) is 4.79 Å². The number of rotatable bonds is 6. The molecule has 1 aromatic rings. The average Bonchev–Trinajstić information content (AvgIpc) is 2.70. The Bertz CT molecular complexity index is 929. The van der Waals surface area contributed by atoms with E-state index in [1.807, 2.05) is 0 Å². The number of carbonyl (C=O) groups excluding carboxylic acids is 2. The molecule has 1 aliphatic heterocycles. The zero-order valence-electron chi connectivity index (χ0n) is 18.6. The van der Waals surface area contributed by atoms with Crippen molar-refractivity contribution in [3.8, 4) is 5.75 Å². The molecule has 10 heteroatoms. The van der Waals surface area contributed by atoms with Gasteiger partial charge < -0.3 is 19.7 Å². The van der Waals surface area contributed by atoms with Gasteiger partial charge in [-0.2, -0.15) is 0 Å². The second-order valence-corrected chi connectivity index (χ2v) is 10.1. The molecule has 1 heterocycles. The van der Waals surface area contributed by atoms with Gasteiger partial charge in [-0.05, 0) is 64.4 Å². The Morgan fingerprint density at radius 1 is 1.19 bits per heavy atom. The fourth-order valence-electron chi connectivity index (χ4n) is 3.11. The van der Waals surface area contributed by atoms with Crippen LogP contribution in [0.3, 0.4) is 0 Å². The Hall–Kier alpha value is -2.59. The lowest BCUT2D eigenvalue weighted by Gasteiger charge is -2.32. The number of nitrogens with zero attached hydrogens (tertiary/aromatic N) is 1. The number of methoxy groups -OCH3 is 1. The third kappa shape index (κ3) is 7.25. The molecule has 172 valence electrons. The van der Waals surface area contributed by atoms with E-state index in [-0.39, 0.29) is 22.6 Å². The fraction of sp³-hybridized carbons (Fsp3) is 0.524. The van der Waals surface area contributed by atoms with Crippen LogP contribution < -0.4 is 14.8 Å². The monoisotopic (exact) mass is 453 g/mol. The quantitative estimate of drug-likeness (QED) is 0.638. The van der Waals surface area contributed by atoms with Gasteiger partial charge in [0, 0.05) is 25.2 Å². The maximum atomic E-state index is 12.5. The van der Waals surface area contributed by atoms with Crippen LogP contribution in [-0.4, -0.2) is 64.2 Å². The van der Waals surface area contributed by atoms with Crippen molar-refractivity contribution in [2.45, 2.75) is 50.2 Å². The van der Waals surface area contributed by atoms with Crippen LogP contribution in [0, 0.1) is 0 Å². The molecular formula is C21H31N3O6S. The molecule has 0 radical (unpaired) electrons. The first-order chi connectivity index (χ1) is 14.4. The molecule has 31 heavy (non-hydrogen) atoms. The van der Waals surface area contributed by atoms with E-state index in [1.165, 1.54) is 26.3 Å². The number of carbonyl (C=O) groups is 2. The number of ether oxygens (including phenoxy) is 2. The molecule has 0 unspecified atom stereocenters. The average molecular weight is 454 g/mol. The lowest BCUT2D eigenvalue weighted by atomic mass is 10.1. The summed E-state index contributed by atoms with van der Waals surface area (Å²) in [6, 6.07) is 4.63. The van der Waals surface area contributed by atoms with Gasteiger partial charge in [0.15, 0.2) is 0 Å². The minimum absolute atomic E-state index is 0.00105. The maximum Gasteiger partial charge on any atom is 0.407 e. The van der Waals surface area contributed by atoms with Crippen molar-refractivity contribution in [1.82, 2.24) is 14.9 Å². The Morgan fingerprint density at radius 3 is 2.39 bits per heavy atom. The molecular weight excluding hydrogens is 422 g/mol. The van der Waals surface area contributed by atoms with Gasteiger partial charge in [-0.25, -0.2) is 17.9 Å². The lowest BCUT2D eigenvalue weighted by Crippen LogP contribution is -2.47. The van der Waals surface area contributed by atoms with Crippen LogP contribution in [0.1, 0.15) is 39.2 Å². The van der Waals surface area contributed by atoms with Crippen molar-refractivity contribution < 1.29 is 27.5 Å². The summed E-state index contributed by atoms with van der Waals surface area (Å²) < 4.78 is 37.0. The number of benzene rings is 1. The standard InChI is InChI=1S/C21H31N3O6S/c1-21(2,3)30-20(26)23-16-10-12-24(13-11-16)19(25)9-7-15-6-8-17(29-5)18(14-15)31(27,28)22-4/h6-9,14,16,22H,10-13H2,1-5H3,(H,23,26)/b9-7+. The highest BCUT2D eigenvalue weighted by molar-refractivity contribution is 7.89. The highest BCUT2D eigenvalue weighted by Gasteiger charge is 2.25. The van der Waals surface area contributed by atoms with Crippen molar-refractivity contribution in [1.29, 1.82) is 0 Å². The molecule has 0 aromatic heterocycles. The summed E-state index contributed by atoms with van der Waals surface area (Å²) in [7, 11) is -0.984. The molecule has 1 aliphatic rings. The second kappa shape index (κ2) is 10.1. The Balaban J connectivity index is 1.96. The molecule has 0 aliphatic carbocycles. The van der Waals surface area contributed by atoms with Crippen molar-refractivity contribution in [2.75, 3.05) is 27.2 Å². The molecule has 0 spiro atoms. The molecule has 1 aromatic carbocycles. The second-order valence-electron chi connectivity index (χ2n) is 8.20.